The van der Waals surface area contributed by atoms with E-state index in [2.05, 4.69) is 85.5 Å². The lowest BCUT2D eigenvalue weighted by atomic mass is 10.3. The van der Waals surface area contributed by atoms with Crippen LogP contribution in [-0.4, -0.2) is 18.8 Å². The van der Waals surface area contributed by atoms with Crippen molar-refractivity contribution in [1.29, 1.82) is 0 Å². The largest absolute Gasteiger partial charge is 0.353 e. The molecule has 102 valence electrons. The molecule has 0 radical (unpaired) electrons. The predicted octanol–water partition coefficient (Wildman–Crippen LogP) is 6.21. The van der Waals surface area contributed by atoms with Crippen molar-refractivity contribution in [2.24, 2.45) is 0 Å². The summed E-state index contributed by atoms with van der Waals surface area (Å²) in [7, 11) is 4.02. The van der Waals surface area contributed by atoms with Crippen molar-refractivity contribution < 1.29 is 0 Å². The fraction of sp³-hybridized carbons (Fsp3) is 1.00. The van der Waals surface area contributed by atoms with E-state index in [-0.39, 0.29) is 0 Å². The van der Waals surface area contributed by atoms with Gasteiger partial charge in [-0.05, 0) is 9.49 Å². The van der Waals surface area contributed by atoms with Gasteiger partial charge in [0.1, 0.15) is 0 Å². The molecule has 0 unspecified atom stereocenters. The summed E-state index contributed by atoms with van der Waals surface area (Å²) in [6.07, 6.45) is 0. The topological polar surface area (TPSA) is 0 Å². The Bertz CT molecular complexity index is 206. The third-order valence-corrected chi connectivity index (χ3v) is 8.66. The van der Waals surface area contributed by atoms with E-state index in [1.54, 1.807) is 0 Å². The molecule has 5 heteroatoms. The van der Waals surface area contributed by atoms with E-state index in [1.165, 1.54) is 0 Å². The molecular formula is C12H27BS4. The molecule has 0 rings (SSSR count). The van der Waals surface area contributed by atoms with Crippen molar-refractivity contribution in [3.8, 4) is 0 Å². The van der Waals surface area contributed by atoms with E-state index >= 15 is 0 Å². The van der Waals surface area contributed by atoms with E-state index in [9.17, 15) is 0 Å². The minimum absolute atomic E-state index is 0.328. The Morgan fingerprint density at radius 2 is 0.941 bits per heavy atom. The summed E-state index contributed by atoms with van der Waals surface area (Å²) in [5.41, 5.74) is 0. The smallest absolute Gasteiger partial charge is 0.177 e. The Kier molecular flexibility index (Phi) is 7.34. The van der Waals surface area contributed by atoms with Gasteiger partial charge in [-0.2, -0.15) is 23.2 Å². The first kappa shape index (κ1) is 18.5. The molecule has 0 aromatic carbocycles. The third-order valence-electron chi connectivity index (χ3n) is 1.28. The fourth-order valence-corrected chi connectivity index (χ4v) is 8.83. The second-order valence-corrected chi connectivity index (χ2v) is 14.9. The third kappa shape index (κ3) is 13.7. The van der Waals surface area contributed by atoms with Gasteiger partial charge in [-0.15, -0.1) is 10.6 Å². The lowest BCUT2D eigenvalue weighted by Crippen LogP contribution is -2.20. The SMILES string of the molecule is CC(C)(C)SSB(SC(C)(C)C)SC(C)(C)C. The average molecular weight is 310 g/mol. The number of hydrogen-bond donors (Lipinski definition) is 0. The molecule has 0 spiro atoms. The fourth-order valence-electron chi connectivity index (χ4n) is 0.824. The normalized spacial score (nSPS) is 13.9. The monoisotopic (exact) mass is 310 g/mol. The molecule has 0 aromatic rings. The van der Waals surface area contributed by atoms with Crippen LogP contribution in [0.25, 0.3) is 0 Å². The molecule has 0 aromatic heterocycles. The van der Waals surface area contributed by atoms with E-state index in [0.29, 0.717) is 18.8 Å². The maximum Gasteiger partial charge on any atom is 0.353 e. The van der Waals surface area contributed by atoms with Crippen molar-refractivity contribution >= 4 is 49.2 Å². The first-order valence-corrected chi connectivity index (χ1v) is 9.96. The van der Waals surface area contributed by atoms with Crippen LogP contribution in [0.15, 0.2) is 0 Å². The molecule has 0 bridgehead atoms. The molecule has 0 atom stereocenters. The molecule has 0 aliphatic carbocycles. The van der Waals surface area contributed by atoms with Gasteiger partial charge >= 0.3 is 4.55 Å². The highest BCUT2D eigenvalue weighted by Crippen LogP contribution is 2.49. The quantitative estimate of drug-likeness (QED) is 0.446. The summed E-state index contributed by atoms with van der Waals surface area (Å²) in [6, 6.07) is 0. The van der Waals surface area contributed by atoms with Crippen LogP contribution < -0.4 is 0 Å². The molecule has 0 saturated carbocycles. The molecule has 0 N–H and O–H groups in total. The average Bonchev–Trinajstić information content (AvgIpc) is 1.92. The maximum absolute atomic E-state index is 2.30. The number of rotatable bonds is 4. The summed E-state index contributed by atoms with van der Waals surface area (Å²) < 4.78 is 1.59. The van der Waals surface area contributed by atoms with Crippen LogP contribution in [0.5, 0.6) is 0 Å². The first-order chi connectivity index (χ1) is 7.29. The van der Waals surface area contributed by atoms with Crippen LogP contribution in [-0.2, 0) is 0 Å². The van der Waals surface area contributed by atoms with Gasteiger partial charge in [0, 0.05) is 4.75 Å². The molecule has 0 saturated heterocycles. The van der Waals surface area contributed by atoms with Crippen LogP contribution in [0, 0.1) is 0 Å². The molecule has 0 amide bonds. The van der Waals surface area contributed by atoms with Crippen molar-refractivity contribution in [3.63, 3.8) is 0 Å². The minimum Gasteiger partial charge on any atom is -0.177 e. The predicted molar refractivity (Wildman–Crippen MR) is 95.4 cm³/mol. The van der Waals surface area contributed by atoms with Gasteiger partial charge in [0.05, 0.1) is 0 Å². The van der Waals surface area contributed by atoms with Crippen molar-refractivity contribution in [2.45, 2.75) is 76.6 Å². The summed E-state index contributed by atoms with van der Waals surface area (Å²) >= 11 is 4.15. The van der Waals surface area contributed by atoms with Gasteiger partial charge in [-0.25, -0.2) is 0 Å². The Balaban J connectivity index is 4.42. The molecule has 0 heterocycles. The zero-order chi connectivity index (χ0) is 13.9. The van der Waals surface area contributed by atoms with Gasteiger partial charge in [0.25, 0.3) is 0 Å². The zero-order valence-corrected chi connectivity index (χ0v) is 16.0. The Morgan fingerprint density at radius 3 is 1.18 bits per heavy atom. The Hall–Kier alpha value is 1.46. The van der Waals surface area contributed by atoms with Crippen LogP contribution in [0.4, 0.5) is 0 Å². The molecule has 0 aliphatic heterocycles. The summed E-state index contributed by atoms with van der Waals surface area (Å²) in [5, 5.41) is 0. The Morgan fingerprint density at radius 1 is 0.588 bits per heavy atom. The van der Waals surface area contributed by atoms with Crippen molar-refractivity contribution in [2.75, 3.05) is 0 Å². The zero-order valence-electron chi connectivity index (χ0n) is 12.7. The van der Waals surface area contributed by atoms with E-state index in [4.69, 9.17) is 0 Å². The lowest BCUT2D eigenvalue weighted by Gasteiger charge is -2.29. The van der Waals surface area contributed by atoms with Crippen molar-refractivity contribution in [3.05, 3.63) is 0 Å². The maximum atomic E-state index is 2.30. The summed E-state index contributed by atoms with van der Waals surface area (Å²) in [4.78, 5) is 0. The van der Waals surface area contributed by atoms with E-state index in [0.717, 1.165) is 0 Å². The van der Waals surface area contributed by atoms with Gasteiger partial charge in [-0.3, -0.25) is 0 Å². The van der Waals surface area contributed by atoms with Crippen LogP contribution >= 0.6 is 44.7 Å². The minimum atomic E-state index is 0.328. The second-order valence-electron chi connectivity index (χ2n) is 7.04. The number of hydrogen-bond acceptors (Lipinski definition) is 4. The van der Waals surface area contributed by atoms with E-state index in [1.807, 2.05) is 21.4 Å². The highest BCUT2D eigenvalue weighted by atomic mass is 33.1. The van der Waals surface area contributed by atoms with Gasteiger partial charge in [0.2, 0.25) is 0 Å². The van der Waals surface area contributed by atoms with Gasteiger partial charge in [0.15, 0.2) is 0 Å². The standard InChI is InChI=1S/C12H27BS4/c1-10(2,3)14-13(15-11(4,5)6)17-16-12(7,8)9/h1-9H3. The molecule has 0 fully saturated rings. The highest BCUT2D eigenvalue weighted by Gasteiger charge is 2.30. The van der Waals surface area contributed by atoms with Crippen LogP contribution in [0.3, 0.4) is 0 Å². The van der Waals surface area contributed by atoms with Crippen molar-refractivity contribution in [1.82, 2.24) is 0 Å². The lowest BCUT2D eigenvalue weighted by molar-refractivity contribution is 0.807. The summed E-state index contributed by atoms with van der Waals surface area (Å²) in [5.74, 6) is 0. The summed E-state index contributed by atoms with van der Waals surface area (Å²) in [6.45, 7) is 20.7. The Labute approximate surface area is 125 Å². The molecular weight excluding hydrogens is 283 g/mol. The van der Waals surface area contributed by atoms with E-state index < -0.39 is 0 Å². The first-order valence-electron chi connectivity index (χ1n) is 5.99. The molecule has 17 heavy (non-hydrogen) atoms. The van der Waals surface area contributed by atoms with Crippen LogP contribution in [0.2, 0.25) is 0 Å². The second kappa shape index (κ2) is 6.76. The highest BCUT2D eigenvalue weighted by molar-refractivity contribution is 9.01. The molecule has 0 nitrogen and oxygen atoms in total. The van der Waals surface area contributed by atoms with Crippen LogP contribution in [0.1, 0.15) is 62.3 Å². The molecule has 0 aliphatic rings. The van der Waals surface area contributed by atoms with Gasteiger partial charge < -0.3 is 0 Å². The van der Waals surface area contributed by atoms with Gasteiger partial charge in [-0.1, -0.05) is 73.1 Å².